The van der Waals surface area contributed by atoms with Gasteiger partial charge in [-0.2, -0.15) is 0 Å². The summed E-state index contributed by atoms with van der Waals surface area (Å²) in [6.07, 6.45) is 4.20. The van der Waals surface area contributed by atoms with Gasteiger partial charge in [0.2, 0.25) is 0 Å². The Labute approximate surface area is 137 Å². The van der Waals surface area contributed by atoms with Gasteiger partial charge in [0.1, 0.15) is 5.82 Å². The Bertz CT molecular complexity index is 515. The van der Waals surface area contributed by atoms with Crippen LogP contribution < -0.4 is 5.59 Å². The van der Waals surface area contributed by atoms with Crippen molar-refractivity contribution in [3.05, 3.63) is 12.0 Å². The van der Waals surface area contributed by atoms with Crippen LogP contribution in [0.2, 0.25) is 0 Å². The molecule has 2 heterocycles. The molecule has 1 aromatic rings. The second-order valence-electron chi connectivity index (χ2n) is 7.19. The second-order valence-corrected chi connectivity index (χ2v) is 8.01. The molecule has 2 unspecified atom stereocenters. The fraction of sp³-hybridized carbons (Fsp3) is 0.800. The normalized spacial score (nSPS) is 21.6. The zero-order valence-electron chi connectivity index (χ0n) is 14.9. The molecule has 0 saturated carbocycles. The zero-order valence-corrected chi connectivity index (χ0v) is 16.0. The van der Waals surface area contributed by atoms with Crippen LogP contribution in [0.5, 0.6) is 0 Å². The summed E-state index contributed by atoms with van der Waals surface area (Å²) in [6, 6.07) is 0.274. The maximum atomic E-state index is 6.10. The molecule has 1 aromatic heterocycles. The van der Waals surface area contributed by atoms with Gasteiger partial charge in [0.05, 0.1) is 22.8 Å². The van der Waals surface area contributed by atoms with Crippen LogP contribution in [0.25, 0.3) is 0 Å². The first kappa shape index (κ1) is 17.9. The van der Waals surface area contributed by atoms with Crippen molar-refractivity contribution in [2.45, 2.75) is 64.7 Å². The molecule has 5 nitrogen and oxygen atoms in total. The van der Waals surface area contributed by atoms with E-state index in [1.54, 1.807) is 0 Å². The predicted molar refractivity (Wildman–Crippen MR) is 94.0 cm³/mol. The van der Waals surface area contributed by atoms with Gasteiger partial charge >= 0.3 is 7.12 Å². The summed E-state index contributed by atoms with van der Waals surface area (Å²) in [5.74, 6) is 1.05. The second kappa shape index (κ2) is 6.24. The predicted octanol–water partition coefficient (Wildman–Crippen LogP) is 2.28. The highest BCUT2D eigenvalue weighted by molar-refractivity contribution is 7.13. The molecular formula is C15H29BN3O2P. The van der Waals surface area contributed by atoms with Gasteiger partial charge in [0.15, 0.2) is 0 Å². The maximum Gasteiger partial charge on any atom is 0.516 e. The Balaban J connectivity index is 2.27. The number of nitrogens with zero attached hydrogens (tertiary/aromatic N) is 3. The number of aryl methyl sites for hydroxylation is 1. The molecule has 0 radical (unpaired) electrons. The molecule has 124 valence electrons. The van der Waals surface area contributed by atoms with E-state index >= 15 is 0 Å². The van der Waals surface area contributed by atoms with Crippen LogP contribution in [0.15, 0.2) is 6.20 Å². The van der Waals surface area contributed by atoms with E-state index in [1.807, 2.05) is 13.2 Å². The first-order valence-corrected chi connectivity index (χ1v) is 8.47. The van der Waals surface area contributed by atoms with Crippen LogP contribution in [0, 0.1) is 0 Å². The van der Waals surface area contributed by atoms with Crippen molar-refractivity contribution in [3.8, 4) is 0 Å². The van der Waals surface area contributed by atoms with Gasteiger partial charge in [-0.05, 0) is 41.2 Å². The van der Waals surface area contributed by atoms with Crippen LogP contribution >= 0.6 is 9.39 Å². The minimum atomic E-state index is -0.401. The van der Waals surface area contributed by atoms with Gasteiger partial charge < -0.3 is 13.9 Å². The molecule has 0 aromatic carbocycles. The van der Waals surface area contributed by atoms with E-state index in [0.717, 1.165) is 24.3 Å². The first-order valence-electron chi connectivity index (χ1n) is 7.95. The van der Waals surface area contributed by atoms with Gasteiger partial charge in [-0.1, -0.05) is 22.7 Å². The largest absolute Gasteiger partial charge is 0.516 e. The summed E-state index contributed by atoms with van der Waals surface area (Å²) < 4.78 is 16.4. The summed E-state index contributed by atoms with van der Waals surface area (Å²) in [7, 11) is 6.45. The maximum absolute atomic E-state index is 6.10. The van der Waals surface area contributed by atoms with Crippen LogP contribution in [0.3, 0.4) is 0 Å². The van der Waals surface area contributed by atoms with Crippen molar-refractivity contribution < 1.29 is 9.31 Å². The zero-order chi connectivity index (χ0) is 16.7. The van der Waals surface area contributed by atoms with Crippen molar-refractivity contribution in [1.29, 1.82) is 0 Å². The van der Waals surface area contributed by atoms with Crippen molar-refractivity contribution >= 4 is 22.1 Å². The average molecular weight is 325 g/mol. The van der Waals surface area contributed by atoms with Crippen molar-refractivity contribution in [2.24, 2.45) is 7.05 Å². The molecule has 0 bridgehead atoms. The Kier molecular flexibility index (Phi) is 5.08. The lowest BCUT2D eigenvalue weighted by Gasteiger charge is -2.32. The first-order chi connectivity index (χ1) is 10.1. The molecule has 1 aliphatic rings. The van der Waals surface area contributed by atoms with E-state index < -0.39 is 7.12 Å². The lowest BCUT2D eigenvalue weighted by atomic mass is 9.86. The monoisotopic (exact) mass is 325 g/mol. The third kappa shape index (κ3) is 3.26. The third-order valence-corrected chi connectivity index (χ3v) is 5.14. The third-order valence-electron chi connectivity index (χ3n) is 4.78. The molecule has 0 aliphatic carbocycles. The van der Waals surface area contributed by atoms with Crippen molar-refractivity contribution in [3.63, 3.8) is 0 Å². The van der Waals surface area contributed by atoms with Gasteiger partial charge in [-0.25, -0.2) is 4.98 Å². The summed E-state index contributed by atoms with van der Waals surface area (Å²) in [5, 5.41) is 0. The number of rotatable bonds is 5. The summed E-state index contributed by atoms with van der Waals surface area (Å²) in [5.41, 5.74) is 0.176. The Morgan fingerprint density at radius 2 is 1.86 bits per heavy atom. The van der Waals surface area contributed by atoms with E-state index in [9.17, 15) is 0 Å². The molecule has 22 heavy (non-hydrogen) atoms. The smallest absolute Gasteiger partial charge is 0.398 e. The Morgan fingerprint density at radius 1 is 1.32 bits per heavy atom. The summed E-state index contributed by atoms with van der Waals surface area (Å²) in [4.78, 5) is 4.82. The van der Waals surface area contributed by atoms with Crippen LogP contribution in [-0.2, 0) is 16.4 Å². The van der Waals surface area contributed by atoms with Crippen LogP contribution in [-0.4, -0.2) is 39.6 Å². The quantitative estimate of drug-likeness (QED) is 0.615. The number of aromatic nitrogens is 2. The van der Waals surface area contributed by atoms with E-state index in [2.05, 4.69) is 60.3 Å². The van der Waals surface area contributed by atoms with Crippen LogP contribution in [0.4, 0.5) is 0 Å². The van der Waals surface area contributed by atoms with Gasteiger partial charge in [-0.15, -0.1) is 0 Å². The average Bonchev–Trinajstić information content (AvgIpc) is 2.85. The molecule has 1 saturated heterocycles. The number of hydrogen-bond acceptors (Lipinski definition) is 4. The Hall–Kier alpha value is -0.415. The fourth-order valence-electron chi connectivity index (χ4n) is 2.68. The molecule has 0 spiro atoms. The SMILES string of the molecule is CCCC(c1nc(B2OC(C)(C)C(C)(C)O2)cn1C)N(C)P. The van der Waals surface area contributed by atoms with Crippen molar-refractivity contribution in [2.75, 3.05) is 7.05 Å². The van der Waals surface area contributed by atoms with E-state index in [-0.39, 0.29) is 17.2 Å². The molecule has 2 atom stereocenters. The standard InChI is InChI=1S/C15H29BN3O2P/c1-8-9-11(19(7)22)13-17-12(10-18(13)6)16-20-14(2,3)15(4,5)21-16/h10-11H,8-9,22H2,1-7H3. The minimum Gasteiger partial charge on any atom is -0.398 e. The lowest BCUT2D eigenvalue weighted by Crippen LogP contribution is -2.41. The van der Waals surface area contributed by atoms with Crippen LogP contribution in [0.1, 0.15) is 59.3 Å². The molecule has 0 N–H and O–H groups in total. The highest BCUT2D eigenvalue weighted by atomic mass is 31.0. The van der Waals surface area contributed by atoms with E-state index in [0.29, 0.717) is 0 Å². The van der Waals surface area contributed by atoms with E-state index in [1.165, 1.54) is 0 Å². The molecule has 0 amide bonds. The van der Waals surface area contributed by atoms with E-state index in [4.69, 9.17) is 14.3 Å². The molecule has 2 rings (SSSR count). The Morgan fingerprint density at radius 3 is 2.32 bits per heavy atom. The fourth-order valence-corrected chi connectivity index (χ4v) is 2.96. The highest BCUT2D eigenvalue weighted by Crippen LogP contribution is 2.36. The highest BCUT2D eigenvalue weighted by Gasteiger charge is 2.52. The van der Waals surface area contributed by atoms with Crippen molar-refractivity contribution in [1.82, 2.24) is 14.2 Å². The minimum absolute atomic E-state index is 0.274. The van der Waals surface area contributed by atoms with Gasteiger partial charge in [0, 0.05) is 13.2 Å². The summed E-state index contributed by atoms with van der Waals surface area (Å²) >= 11 is 0. The molecule has 1 aliphatic heterocycles. The summed E-state index contributed by atoms with van der Waals surface area (Å²) in [6.45, 7) is 10.4. The lowest BCUT2D eigenvalue weighted by molar-refractivity contribution is 0.00578. The number of imidazole rings is 1. The molecule has 7 heteroatoms. The van der Waals surface area contributed by atoms with Gasteiger partial charge in [-0.3, -0.25) is 4.67 Å². The molecule has 1 fully saturated rings. The molecular weight excluding hydrogens is 296 g/mol. The topological polar surface area (TPSA) is 39.5 Å². The number of hydrogen-bond donors (Lipinski definition) is 0. The van der Waals surface area contributed by atoms with Gasteiger partial charge in [0.25, 0.3) is 0 Å².